The third kappa shape index (κ3) is 6.67. The number of fused-ring (bicyclic) bond motifs is 1. The summed E-state index contributed by atoms with van der Waals surface area (Å²) in [5.41, 5.74) is 3.30. The fourth-order valence-electron chi connectivity index (χ4n) is 5.39. The number of ether oxygens (including phenoxy) is 2. The second-order valence-corrected chi connectivity index (χ2v) is 11.4. The Morgan fingerprint density at radius 3 is 2.58 bits per heavy atom. The summed E-state index contributed by atoms with van der Waals surface area (Å²) in [6.07, 6.45) is 11.5. The summed E-state index contributed by atoms with van der Waals surface area (Å²) in [6.45, 7) is 1.09. The molecule has 0 unspecified atom stereocenters. The number of carbonyl (C=O) groups is 1. The van der Waals surface area contributed by atoms with Gasteiger partial charge in [0.1, 0.15) is 24.1 Å². The van der Waals surface area contributed by atoms with E-state index in [0.29, 0.717) is 35.8 Å². The molecule has 7 rings (SSSR count). The second kappa shape index (κ2) is 13.1. The van der Waals surface area contributed by atoms with Crippen LogP contribution in [0.2, 0.25) is 0 Å². The van der Waals surface area contributed by atoms with Gasteiger partial charge in [-0.15, -0.1) is 0 Å². The summed E-state index contributed by atoms with van der Waals surface area (Å²) < 4.78 is 46.0. The Balaban J connectivity index is 1.07. The zero-order valence-corrected chi connectivity index (χ0v) is 25.8. The fourth-order valence-corrected chi connectivity index (χ4v) is 5.39. The minimum absolute atomic E-state index is 0.0124. The van der Waals surface area contributed by atoms with E-state index in [4.69, 9.17) is 9.47 Å². The number of rotatable bonds is 11. The van der Waals surface area contributed by atoms with E-state index in [9.17, 15) is 9.90 Å². The maximum Gasteiger partial charge on any atom is 0.335 e. The van der Waals surface area contributed by atoms with Crippen molar-refractivity contribution >= 4 is 29.2 Å². The van der Waals surface area contributed by atoms with Crippen LogP contribution in [0, 0.1) is 11.6 Å². The van der Waals surface area contributed by atoms with Crippen molar-refractivity contribution in [2.24, 2.45) is 7.05 Å². The molecule has 0 aliphatic carbocycles. The summed E-state index contributed by atoms with van der Waals surface area (Å²) in [4.78, 5) is 29.3. The molecular formula is C35H29F2N7O4. The van der Waals surface area contributed by atoms with Gasteiger partial charge in [-0.05, 0) is 48.4 Å². The van der Waals surface area contributed by atoms with E-state index >= 15 is 8.78 Å². The molecule has 48 heavy (non-hydrogen) atoms. The molecule has 1 saturated heterocycles. The van der Waals surface area contributed by atoms with Crippen molar-refractivity contribution in [3.05, 3.63) is 119 Å². The maximum absolute atomic E-state index is 15.6. The van der Waals surface area contributed by atoms with Crippen LogP contribution in [0.15, 0.2) is 73.3 Å². The minimum atomic E-state index is -1.06. The molecule has 13 heteroatoms. The Kier molecular flexibility index (Phi) is 8.42. The first kappa shape index (κ1) is 30.8. The number of hydrogen-bond acceptors (Lipinski definition) is 8. The molecule has 11 nitrogen and oxygen atoms in total. The Labute approximate surface area is 273 Å². The zero-order chi connectivity index (χ0) is 33.2. The predicted octanol–water partition coefficient (Wildman–Crippen LogP) is 5.73. The summed E-state index contributed by atoms with van der Waals surface area (Å²) in [5, 5.41) is 13.6. The molecule has 1 fully saturated rings. The van der Waals surface area contributed by atoms with Crippen LogP contribution in [-0.4, -0.2) is 58.1 Å². The smallest absolute Gasteiger partial charge is 0.335 e. The number of halogens is 2. The molecule has 0 saturated carbocycles. The van der Waals surface area contributed by atoms with Gasteiger partial charge in [-0.25, -0.2) is 33.5 Å². The average Bonchev–Trinajstić information content (AvgIpc) is 3.64. The van der Waals surface area contributed by atoms with Gasteiger partial charge in [0, 0.05) is 61.4 Å². The lowest BCUT2D eigenvalue weighted by Crippen LogP contribution is -2.31. The average molecular weight is 650 g/mol. The highest BCUT2D eigenvalue weighted by atomic mass is 19.1. The van der Waals surface area contributed by atoms with Crippen LogP contribution in [0.1, 0.15) is 45.1 Å². The number of nitrogens with zero attached hydrogens (tertiary/aromatic N) is 7. The highest BCUT2D eigenvalue weighted by Crippen LogP contribution is 2.29. The molecule has 2 aromatic carbocycles. The van der Waals surface area contributed by atoms with Crippen LogP contribution in [0.25, 0.3) is 34.4 Å². The van der Waals surface area contributed by atoms with Gasteiger partial charge in [0.05, 0.1) is 41.1 Å². The van der Waals surface area contributed by atoms with Crippen molar-refractivity contribution in [1.29, 1.82) is 0 Å². The highest BCUT2D eigenvalue weighted by Gasteiger charge is 2.24. The number of carboxylic acid groups (broad SMARTS) is 1. The first-order chi connectivity index (χ1) is 23.3. The first-order valence-corrected chi connectivity index (χ1v) is 15.2. The zero-order valence-electron chi connectivity index (χ0n) is 25.8. The summed E-state index contributed by atoms with van der Waals surface area (Å²) in [5.74, 6) is -1.25. The van der Waals surface area contributed by atoms with Gasteiger partial charge in [-0.2, -0.15) is 5.10 Å². The fraction of sp³-hybridized carbons (Fsp3) is 0.200. The van der Waals surface area contributed by atoms with Gasteiger partial charge in [0.2, 0.25) is 5.88 Å². The monoisotopic (exact) mass is 649 g/mol. The molecule has 1 aliphatic heterocycles. The number of imidazole rings is 1. The first-order valence-electron chi connectivity index (χ1n) is 15.2. The standard InChI is InChI=1S/C35H29F2N7O4/c1-43-18-22(17-40-43)6-5-21-15-38-32(39-16-21)20-48-34-4-2-3-29(42-34)26-14-27(36)24(11-28(26)37)13-33-41-30-8-7-23(35(45)46)12-31(30)44(33)19-25-9-10-47-25/h2-8,11-12,14-18,25H,9-10,13,19-20H2,1H3,(H,45,46)/t25-/m0/s1. The highest BCUT2D eigenvalue weighted by molar-refractivity contribution is 5.92. The third-order valence-corrected chi connectivity index (χ3v) is 8.01. The van der Waals surface area contributed by atoms with Gasteiger partial charge in [-0.3, -0.25) is 4.68 Å². The maximum atomic E-state index is 15.6. The molecule has 1 N–H and O–H groups in total. The number of benzene rings is 2. The summed E-state index contributed by atoms with van der Waals surface area (Å²) in [6, 6.07) is 11.7. The van der Waals surface area contributed by atoms with Gasteiger partial charge < -0.3 is 19.1 Å². The van der Waals surface area contributed by atoms with E-state index in [1.165, 1.54) is 12.1 Å². The van der Waals surface area contributed by atoms with E-state index in [1.54, 1.807) is 47.5 Å². The van der Waals surface area contributed by atoms with Crippen LogP contribution in [-0.2, 0) is 31.4 Å². The van der Waals surface area contributed by atoms with Crippen LogP contribution >= 0.6 is 0 Å². The van der Waals surface area contributed by atoms with Gasteiger partial charge >= 0.3 is 5.97 Å². The van der Waals surface area contributed by atoms with E-state index in [1.807, 2.05) is 30.0 Å². The molecule has 1 aliphatic rings. The third-order valence-electron chi connectivity index (χ3n) is 8.01. The molecular weight excluding hydrogens is 620 g/mol. The van der Waals surface area contributed by atoms with Crippen LogP contribution in [0.4, 0.5) is 8.78 Å². The number of aromatic nitrogens is 7. The molecule has 242 valence electrons. The lowest BCUT2D eigenvalue weighted by molar-refractivity contribution is -0.0589. The molecule has 4 aromatic heterocycles. The van der Waals surface area contributed by atoms with Crippen LogP contribution in [0.5, 0.6) is 5.88 Å². The van der Waals surface area contributed by atoms with E-state index in [-0.39, 0.29) is 47.4 Å². The quantitative estimate of drug-likeness (QED) is 0.187. The predicted molar refractivity (Wildman–Crippen MR) is 172 cm³/mol. The molecule has 6 aromatic rings. The van der Waals surface area contributed by atoms with Crippen LogP contribution in [0.3, 0.4) is 0 Å². The SMILES string of the molecule is Cn1cc(C=Cc2cnc(COc3cccc(-c4cc(F)c(Cc5nc6ccc(C(=O)O)cc6n5C[C@@H]5CCO5)cc4F)n3)nc2)cn1. The number of carboxylic acids is 1. The van der Waals surface area contributed by atoms with E-state index < -0.39 is 17.6 Å². The Hall–Kier alpha value is -5.82. The molecule has 0 bridgehead atoms. The van der Waals surface area contributed by atoms with Crippen molar-refractivity contribution in [2.75, 3.05) is 6.61 Å². The van der Waals surface area contributed by atoms with Crippen molar-refractivity contribution in [3.8, 4) is 17.1 Å². The Morgan fingerprint density at radius 1 is 1.04 bits per heavy atom. The van der Waals surface area contributed by atoms with Gasteiger partial charge in [0.15, 0.2) is 5.82 Å². The molecule has 0 radical (unpaired) electrons. The number of aryl methyl sites for hydroxylation is 1. The second-order valence-electron chi connectivity index (χ2n) is 11.4. The Morgan fingerprint density at radius 2 is 1.85 bits per heavy atom. The topological polar surface area (TPSA) is 130 Å². The molecule has 1 atom stereocenters. The number of hydrogen-bond donors (Lipinski definition) is 1. The lowest BCUT2D eigenvalue weighted by Gasteiger charge is -2.27. The Bertz CT molecular complexity index is 2160. The number of aromatic carboxylic acids is 1. The molecule has 5 heterocycles. The van der Waals surface area contributed by atoms with Gasteiger partial charge in [0.25, 0.3) is 0 Å². The van der Waals surface area contributed by atoms with Crippen LogP contribution < -0.4 is 4.74 Å². The van der Waals surface area contributed by atoms with Crippen molar-refractivity contribution in [3.63, 3.8) is 0 Å². The van der Waals surface area contributed by atoms with E-state index in [2.05, 4.69) is 25.0 Å². The van der Waals surface area contributed by atoms with Gasteiger partial charge in [-0.1, -0.05) is 18.2 Å². The van der Waals surface area contributed by atoms with Crippen molar-refractivity contribution in [1.82, 2.24) is 34.3 Å². The normalized spacial score (nSPS) is 14.4. The van der Waals surface area contributed by atoms with Crippen molar-refractivity contribution < 1.29 is 28.2 Å². The minimum Gasteiger partial charge on any atom is -0.478 e. The lowest BCUT2D eigenvalue weighted by atomic mass is 10.0. The molecule has 0 spiro atoms. The van der Waals surface area contributed by atoms with Crippen molar-refractivity contribution in [2.45, 2.75) is 32.1 Å². The largest absolute Gasteiger partial charge is 0.478 e. The summed E-state index contributed by atoms with van der Waals surface area (Å²) >= 11 is 0. The number of pyridine rings is 1. The van der Waals surface area contributed by atoms with E-state index in [0.717, 1.165) is 29.7 Å². The molecule has 0 amide bonds. The summed E-state index contributed by atoms with van der Waals surface area (Å²) in [7, 11) is 1.85.